The molecule has 0 atom stereocenters. The van der Waals surface area contributed by atoms with Crippen molar-refractivity contribution in [2.75, 3.05) is 18.0 Å². The monoisotopic (exact) mass is 502 g/mol. The Hall–Kier alpha value is -3.72. The standard InChI is InChI=1S/C26H23ClN6O3/c27-18-2-1-3-20-22(18)26(25(35)33(20)14-21-29-23(31-36-21)15-4-5-15)8-10-32(11-9-26)24(34)16-6-7-19-17(12-16)13-28-30-19/h1-3,6-7,12-13,15H,4-5,8-11,14H2,(H,28,30). The van der Waals surface area contributed by atoms with Crippen LogP contribution in [0.2, 0.25) is 5.02 Å². The number of aromatic amines is 1. The van der Waals surface area contributed by atoms with Gasteiger partial charge in [-0.1, -0.05) is 22.8 Å². The number of amides is 2. The van der Waals surface area contributed by atoms with Crippen LogP contribution in [0.25, 0.3) is 10.9 Å². The highest BCUT2D eigenvalue weighted by atomic mass is 35.5. The number of likely N-dealkylation sites (tertiary alicyclic amines) is 1. The molecule has 10 heteroatoms. The van der Waals surface area contributed by atoms with E-state index in [-0.39, 0.29) is 18.4 Å². The smallest absolute Gasteiger partial charge is 0.253 e. The Morgan fingerprint density at radius 2 is 2.03 bits per heavy atom. The van der Waals surface area contributed by atoms with Crippen molar-refractivity contribution in [3.8, 4) is 0 Å². The van der Waals surface area contributed by atoms with Gasteiger partial charge in [0.1, 0.15) is 6.54 Å². The Balaban J connectivity index is 1.15. The number of rotatable bonds is 4. The molecule has 182 valence electrons. The first kappa shape index (κ1) is 21.6. The summed E-state index contributed by atoms with van der Waals surface area (Å²) in [4.78, 5) is 35.3. The van der Waals surface area contributed by atoms with Crippen LogP contribution < -0.4 is 4.90 Å². The molecule has 1 N–H and O–H groups in total. The lowest BCUT2D eigenvalue weighted by molar-refractivity contribution is -0.124. The van der Waals surface area contributed by atoms with E-state index in [9.17, 15) is 9.59 Å². The topological polar surface area (TPSA) is 108 Å². The maximum Gasteiger partial charge on any atom is 0.253 e. The van der Waals surface area contributed by atoms with Gasteiger partial charge in [0.2, 0.25) is 11.8 Å². The van der Waals surface area contributed by atoms with Gasteiger partial charge >= 0.3 is 0 Å². The minimum atomic E-state index is -0.779. The Bertz CT molecular complexity index is 1510. The van der Waals surface area contributed by atoms with Gasteiger partial charge in [0.05, 0.1) is 22.8 Å². The van der Waals surface area contributed by atoms with Crippen LogP contribution in [0, 0.1) is 0 Å². The Morgan fingerprint density at radius 3 is 2.83 bits per heavy atom. The lowest BCUT2D eigenvalue weighted by Crippen LogP contribution is -2.50. The van der Waals surface area contributed by atoms with Gasteiger partial charge in [-0.25, -0.2) is 0 Å². The van der Waals surface area contributed by atoms with Crippen LogP contribution in [0.5, 0.6) is 0 Å². The van der Waals surface area contributed by atoms with E-state index in [1.807, 2.05) is 41.3 Å². The van der Waals surface area contributed by atoms with Gasteiger partial charge in [-0.15, -0.1) is 0 Å². The summed E-state index contributed by atoms with van der Waals surface area (Å²) in [5, 5.41) is 12.5. The largest absolute Gasteiger partial charge is 0.339 e. The summed E-state index contributed by atoms with van der Waals surface area (Å²) < 4.78 is 5.47. The van der Waals surface area contributed by atoms with Gasteiger partial charge in [-0.3, -0.25) is 14.7 Å². The third-order valence-corrected chi connectivity index (χ3v) is 8.04. The lowest BCUT2D eigenvalue weighted by atomic mass is 9.73. The second kappa shape index (κ2) is 7.89. The van der Waals surface area contributed by atoms with E-state index in [0.717, 1.165) is 40.8 Å². The number of hydrogen-bond acceptors (Lipinski definition) is 6. The normalized spacial score (nSPS) is 18.9. The summed E-state index contributed by atoms with van der Waals surface area (Å²) in [7, 11) is 0. The van der Waals surface area contributed by atoms with E-state index in [1.54, 1.807) is 11.1 Å². The molecule has 7 rings (SSSR count). The number of piperidine rings is 1. The van der Waals surface area contributed by atoms with Crippen LogP contribution in [-0.4, -0.2) is 50.1 Å². The van der Waals surface area contributed by atoms with Crippen molar-refractivity contribution in [3.05, 3.63) is 70.5 Å². The number of nitrogens with zero attached hydrogens (tertiary/aromatic N) is 5. The molecule has 3 aliphatic rings. The predicted octanol–water partition coefficient (Wildman–Crippen LogP) is 4.20. The number of hydrogen-bond donors (Lipinski definition) is 1. The third kappa shape index (κ3) is 3.26. The lowest BCUT2D eigenvalue weighted by Gasteiger charge is -2.38. The van der Waals surface area contributed by atoms with E-state index in [0.29, 0.717) is 48.3 Å². The molecule has 2 aromatic heterocycles. The molecule has 4 heterocycles. The molecule has 1 saturated heterocycles. The van der Waals surface area contributed by atoms with Gasteiger partial charge in [0.15, 0.2) is 5.82 Å². The first-order valence-electron chi connectivity index (χ1n) is 12.2. The summed E-state index contributed by atoms with van der Waals surface area (Å²) in [5.74, 6) is 1.45. The molecule has 2 aromatic carbocycles. The third-order valence-electron chi connectivity index (χ3n) is 7.73. The average Bonchev–Trinajstić information content (AvgIpc) is 3.37. The number of H-pyrrole nitrogens is 1. The van der Waals surface area contributed by atoms with Gasteiger partial charge in [-0.2, -0.15) is 10.1 Å². The van der Waals surface area contributed by atoms with Crippen LogP contribution in [0.3, 0.4) is 0 Å². The van der Waals surface area contributed by atoms with E-state index >= 15 is 0 Å². The molecule has 0 radical (unpaired) electrons. The molecule has 9 nitrogen and oxygen atoms in total. The summed E-state index contributed by atoms with van der Waals surface area (Å²) in [5.41, 5.74) is 2.34. The number of anilines is 1. The Kier molecular flexibility index (Phi) is 4.73. The molecular formula is C26H23ClN6O3. The number of carbonyl (C=O) groups excluding carboxylic acids is 2. The number of aromatic nitrogens is 4. The van der Waals surface area contributed by atoms with Crippen molar-refractivity contribution in [1.29, 1.82) is 0 Å². The second-order valence-corrected chi connectivity index (χ2v) is 10.3. The van der Waals surface area contributed by atoms with Crippen molar-refractivity contribution in [3.63, 3.8) is 0 Å². The minimum Gasteiger partial charge on any atom is -0.339 e. The first-order chi connectivity index (χ1) is 17.5. The zero-order valence-corrected chi connectivity index (χ0v) is 20.2. The van der Waals surface area contributed by atoms with E-state index in [1.165, 1.54) is 0 Å². The van der Waals surface area contributed by atoms with Gasteiger partial charge in [-0.05, 0) is 56.0 Å². The fourth-order valence-electron chi connectivity index (χ4n) is 5.63. The molecular weight excluding hydrogens is 480 g/mol. The zero-order chi connectivity index (χ0) is 24.4. The van der Waals surface area contributed by atoms with Crippen LogP contribution in [0.15, 0.2) is 47.1 Å². The number of carbonyl (C=O) groups is 2. The van der Waals surface area contributed by atoms with Crippen LogP contribution in [0.1, 0.15) is 59.2 Å². The second-order valence-electron chi connectivity index (χ2n) is 9.89. The molecule has 2 aliphatic heterocycles. The number of benzene rings is 2. The number of fused-ring (bicyclic) bond motifs is 3. The number of nitrogens with one attached hydrogen (secondary N) is 1. The highest BCUT2D eigenvalue weighted by Crippen LogP contribution is 2.51. The SMILES string of the molecule is O=C(c1ccc2[nH]ncc2c1)N1CCC2(CC1)C(=O)N(Cc1nc(C3CC3)no1)c1cccc(Cl)c12. The highest BCUT2D eigenvalue weighted by molar-refractivity contribution is 6.33. The Morgan fingerprint density at radius 1 is 1.19 bits per heavy atom. The predicted molar refractivity (Wildman–Crippen MR) is 132 cm³/mol. The van der Waals surface area contributed by atoms with Gasteiger partial charge < -0.3 is 14.3 Å². The van der Waals surface area contributed by atoms with Crippen molar-refractivity contribution in [1.82, 2.24) is 25.2 Å². The molecule has 4 aromatic rings. The zero-order valence-electron chi connectivity index (χ0n) is 19.4. The maximum absolute atomic E-state index is 14.0. The van der Waals surface area contributed by atoms with Gasteiger partial charge in [0.25, 0.3) is 5.91 Å². The van der Waals surface area contributed by atoms with E-state index < -0.39 is 5.41 Å². The van der Waals surface area contributed by atoms with Crippen molar-refractivity contribution >= 4 is 40.0 Å². The maximum atomic E-state index is 14.0. The molecule has 36 heavy (non-hydrogen) atoms. The number of halogens is 1. The van der Waals surface area contributed by atoms with Crippen molar-refractivity contribution in [2.24, 2.45) is 0 Å². The van der Waals surface area contributed by atoms with Crippen molar-refractivity contribution < 1.29 is 14.1 Å². The molecule has 2 amide bonds. The van der Waals surface area contributed by atoms with E-state index in [2.05, 4.69) is 20.3 Å². The first-order valence-corrected chi connectivity index (χ1v) is 12.6. The highest BCUT2D eigenvalue weighted by Gasteiger charge is 2.54. The molecule has 1 spiro atoms. The summed E-state index contributed by atoms with van der Waals surface area (Å²) in [6.45, 7) is 1.12. The minimum absolute atomic E-state index is 0.0244. The summed E-state index contributed by atoms with van der Waals surface area (Å²) in [6, 6.07) is 11.1. The van der Waals surface area contributed by atoms with Crippen molar-refractivity contribution in [2.45, 2.75) is 43.6 Å². The molecule has 1 aliphatic carbocycles. The van der Waals surface area contributed by atoms with Crippen LogP contribution >= 0.6 is 11.6 Å². The molecule has 0 unspecified atom stereocenters. The fraction of sp³-hybridized carbons (Fsp3) is 0.346. The van der Waals surface area contributed by atoms with Crippen LogP contribution in [-0.2, 0) is 16.8 Å². The fourth-order valence-corrected chi connectivity index (χ4v) is 5.98. The summed E-state index contributed by atoms with van der Waals surface area (Å²) >= 11 is 6.70. The average molecular weight is 503 g/mol. The van der Waals surface area contributed by atoms with Gasteiger partial charge in [0, 0.05) is 40.5 Å². The molecule has 1 saturated carbocycles. The molecule has 2 fully saturated rings. The van der Waals surface area contributed by atoms with E-state index in [4.69, 9.17) is 16.1 Å². The summed E-state index contributed by atoms with van der Waals surface area (Å²) in [6.07, 6.45) is 4.85. The van der Waals surface area contributed by atoms with Crippen LogP contribution in [0.4, 0.5) is 5.69 Å². The molecule has 0 bridgehead atoms. The Labute approximate surface area is 211 Å². The quantitative estimate of drug-likeness (QED) is 0.448.